The molecule has 0 aliphatic heterocycles. The van der Waals surface area contributed by atoms with E-state index in [0.29, 0.717) is 47.3 Å². The highest BCUT2D eigenvalue weighted by Gasteiger charge is 2.32. The van der Waals surface area contributed by atoms with E-state index < -0.39 is 0 Å². The fraction of sp³-hybridized carbons (Fsp3) is 0.340. The minimum atomic E-state index is 0.416. The minimum Gasteiger partial charge on any atom is -0.310 e. The fourth-order valence-corrected chi connectivity index (χ4v) is 15.8. The summed E-state index contributed by atoms with van der Waals surface area (Å²) in [6, 6.07) is 77.8. The van der Waals surface area contributed by atoms with Crippen LogP contribution in [0.4, 0.5) is 34.1 Å². The molecule has 0 radical (unpaired) electrons. The first-order valence-corrected chi connectivity index (χ1v) is 37.3. The van der Waals surface area contributed by atoms with Gasteiger partial charge in [-0.05, 0) is 280 Å². The molecule has 0 bridgehead atoms. The van der Waals surface area contributed by atoms with Crippen molar-refractivity contribution in [2.45, 2.75) is 209 Å². The highest BCUT2D eigenvalue weighted by molar-refractivity contribution is 6.47. The Hall–Kier alpha value is -8.46. The molecule has 0 spiro atoms. The molecule has 8 atom stereocenters. The third-order valence-electron chi connectivity index (χ3n) is 23.6. The Kier molecular flexibility index (Phi) is 19.0. The summed E-state index contributed by atoms with van der Waals surface area (Å²) in [4.78, 5) is 5.35. The lowest BCUT2D eigenvalue weighted by atomic mass is 9.87. The van der Waals surface area contributed by atoms with Gasteiger partial charge in [-0.1, -0.05) is 244 Å². The molecule has 0 fully saturated rings. The highest BCUT2D eigenvalue weighted by atomic mass is 15.2. The van der Waals surface area contributed by atoms with Crippen LogP contribution in [-0.4, -0.2) is 0 Å². The van der Waals surface area contributed by atoms with Gasteiger partial charge in [0.2, 0.25) is 0 Å². The predicted molar refractivity (Wildman–Crippen MR) is 424 cm³/mol. The minimum absolute atomic E-state index is 0.416. The summed E-state index contributed by atoms with van der Waals surface area (Å²) in [5.41, 5.74) is 23.8. The van der Waals surface area contributed by atoms with Crippen molar-refractivity contribution >= 4 is 98.8 Å². The van der Waals surface area contributed by atoms with Gasteiger partial charge in [-0.2, -0.15) is 0 Å². The zero-order chi connectivity index (χ0) is 67.4. The maximum Gasteiger partial charge on any atom is 0.0540 e. The average molecular weight is 1260 g/mol. The Bertz CT molecular complexity index is 4300. The Morgan fingerprint density at radius 1 is 0.219 bits per heavy atom. The van der Waals surface area contributed by atoms with Crippen LogP contribution in [0.3, 0.4) is 0 Å². The Morgan fingerprint density at radius 2 is 0.438 bits per heavy atom. The van der Waals surface area contributed by atoms with Crippen molar-refractivity contribution in [1.82, 2.24) is 0 Å². The van der Waals surface area contributed by atoms with Crippen LogP contribution in [0, 0.1) is 0 Å². The molecule has 13 rings (SSSR count). The standard InChI is InChI=1S/C94H104N2/c1-17-57(9)67-45-68(58(10)18-2)50-75(49-67)95(76-51-69(59(11)19-3)46-70(52-76)60(12)20-4)85-43-41-83-89-79(85)37-31-39-81(89)91-87(65-33-27-25-28-34-65)92-82-40-32-38-80-86(44-42-84(90(80)82)94(92)88(93(83)91)66-35-29-26-30-36-66)96(77-53-71(61(13)21-5)47-72(54-77)62(14)22-6)78-55-73(63(15)23-7)48-74(56-78)64(16)24-8/h25-64H,17-24H2,1-16H3. The molecule has 0 saturated heterocycles. The third kappa shape index (κ3) is 11.6. The monoisotopic (exact) mass is 1260 g/mol. The molecule has 0 saturated carbocycles. The van der Waals surface area contributed by atoms with Crippen molar-refractivity contribution < 1.29 is 0 Å². The fourth-order valence-electron chi connectivity index (χ4n) is 15.8. The molecule has 0 aromatic heterocycles. The second kappa shape index (κ2) is 27.6. The molecule has 2 heteroatoms. The first-order chi connectivity index (χ1) is 46.6. The summed E-state index contributed by atoms with van der Waals surface area (Å²) >= 11 is 0. The van der Waals surface area contributed by atoms with Gasteiger partial charge in [0.25, 0.3) is 0 Å². The summed E-state index contributed by atoms with van der Waals surface area (Å²) < 4.78 is 0. The molecular formula is C94H104N2. The number of rotatable bonds is 24. The molecule has 0 heterocycles. The maximum atomic E-state index is 2.67. The number of hydrogen-bond acceptors (Lipinski definition) is 2. The van der Waals surface area contributed by atoms with Crippen LogP contribution in [0.1, 0.15) is 254 Å². The lowest BCUT2D eigenvalue weighted by molar-refractivity contribution is 0.710. The van der Waals surface area contributed by atoms with Crippen LogP contribution in [0.15, 0.2) is 194 Å². The van der Waals surface area contributed by atoms with Gasteiger partial charge in [0.1, 0.15) is 0 Å². The lowest BCUT2D eigenvalue weighted by Gasteiger charge is -2.31. The largest absolute Gasteiger partial charge is 0.310 e. The number of nitrogens with zero attached hydrogens (tertiary/aromatic N) is 2. The van der Waals surface area contributed by atoms with Crippen LogP contribution in [0.5, 0.6) is 0 Å². The van der Waals surface area contributed by atoms with Crippen LogP contribution in [-0.2, 0) is 0 Å². The van der Waals surface area contributed by atoms with E-state index in [4.69, 9.17) is 0 Å². The summed E-state index contributed by atoms with van der Waals surface area (Å²) in [5.74, 6) is 3.32. The molecular weight excluding hydrogens is 1160 g/mol. The summed E-state index contributed by atoms with van der Waals surface area (Å²) in [5, 5.41) is 15.7. The Morgan fingerprint density at radius 3 is 0.667 bits per heavy atom. The van der Waals surface area contributed by atoms with Crippen molar-refractivity contribution in [2.75, 3.05) is 9.80 Å². The normalized spacial score (nSPS) is 14.7. The molecule has 490 valence electrons. The molecule has 2 nitrogen and oxygen atoms in total. The van der Waals surface area contributed by atoms with Gasteiger partial charge < -0.3 is 9.80 Å². The van der Waals surface area contributed by atoms with E-state index in [-0.39, 0.29) is 0 Å². The second-order valence-electron chi connectivity index (χ2n) is 29.3. The number of hydrogen-bond donors (Lipinski definition) is 0. The van der Waals surface area contributed by atoms with Crippen molar-refractivity contribution in [1.29, 1.82) is 0 Å². The molecule has 0 aliphatic carbocycles. The molecule has 13 aromatic carbocycles. The van der Waals surface area contributed by atoms with E-state index in [1.165, 1.54) is 166 Å². The molecule has 13 aromatic rings. The first-order valence-electron chi connectivity index (χ1n) is 37.3. The van der Waals surface area contributed by atoms with E-state index in [2.05, 4.69) is 315 Å². The van der Waals surface area contributed by atoms with Crippen molar-refractivity contribution in [3.05, 3.63) is 239 Å². The summed E-state index contributed by atoms with van der Waals surface area (Å²) in [6.45, 7) is 38.0. The zero-order valence-electron chi connectivity index (χ0n) is 60.6. The van der Waals surface area contributed by atoms with E-state index in [9.17, 15) is 0 Å². The zero-order valence-corrected chi connectivity index (χ0v) is 60.6. The van der Waals surface area contributed by atoms with Gasteiger partial charge in [0, 0.05) is 33.5 Å². The molecule has 0 aliphatic rings. The van der Waals surface area contributed by atoms with E-state index in [1.807, 2.05) is 0 Å². The highest BCUT2D eigenvalue weighted by Crippen LogP contribution is 2.58. The van der Waals surface area contributed by atoms with Crippen LogP contribution in [0.2, 0.25) is 0 Å². The third-order valence-corrected chi connectivity index (χ3v) is 23.6. The van der Waals surface area contributed by atoms with Gasteiger partial charge in [0.05, 0.1) is 11.4 Å². The molecule has 96 heavy (non-hydrogen) atoms. The SMILES string of the molecule is CCC(C)c1cc(C(C)CC)cc(N(c2cc(C(C)CC)cc(C(C)CC)c2)c2ccc3c4c(-c5ccccc5)c5c6ccc(N(c7cc(C(C)CC)cc(C(C)CC)c7)c7cc(C(C)CC)cc(C(C)CC)c7)c7cccc(c5c(-c5ccccc5)c4c4cccc2c43)c76)c1. The van der Waals surface area contributed by atoms with Crippen LogP contribution >= 0.6 is 0 Å². The van der Waals surface area contributed by atoms with E-state index in [1.54, 1.807) is 0 Å². The number of fused-ring (bicyclic) bond motifs is 6. The van der Waals surface area contributed by atoms with Crippen molar-refractivity contribution in [2.24, 2.45) is 0 Å². The van der Waals surface area contributed by atoms with Gasteiger partial charge in [0.15, 0.2) is 0 Å². The Labute approximate surface area is 575 Å². The predicted octanol–water partition coefficient (Wildman–Crippen LogP) is 29.9. The first kappa shape index (κ1) is 66.2. The smallest absolute Gasteiger partial charge is 0.0540 e. The maximum absolute atomic E-state index is 2.67. The van der Waals surface area contributed by atoms with E-state index in [0.717, 1.165) is 51.4 Å². The topological polar surface area (TPSA) is 6.48 Å². The summed E-state index contributed by atoms with van der Waals surface area (Å²) in [6.07, 6.45) is 8.66. The number of anilines is 6. The average Bonchev–Trinajstić information content (AvgIpc) is 1.51. The van der Waals surface area contributed by atoms with Gasteiger partial charge in [-0.15, -0.1) is 0 Å². The van der Waals surface area contributed by atoms with Crippen LogP contribution in [0.25, 0.3) is 86.9 Å². The Balaban J connectivity index is 1.17. The number of benzene rings is 11. The molecule has 0 N–H and O–H groups in total. The quantitative estimate of drug-likeness (QED) is 0.0595. The molecule has 8 unspecified atom stereocenters. The van der Waals surface area contributed by atoms with Crippen molar-refractivity contribution in [3.8, 4) is 22.3 Å². The molecule has 0 amide bonds. The summed E-state index contributed by atoms with van der Waals surface area (Å²) in [7, 11) is 0. The lowest BCUT2D eigenvalue weighted by Crippen LogP contribution is -2.14. The van der Waals surface area contributed by atoms with E-state index >= 15 is 0 Å². The van der Waals surface area contributed by atoms with Gasteiger partial charge in [-0.25, -0.2) is 0 Å². The van der Waals surface area contributed by atoms with Gasteiger partial charge in [-0.3, -0.25) is 0 Å². The second-order valence-corrected chi connectivity index (χ2v) is 29.3. The van der Waals surface area contributed by atoms with Gasteiger partial charge >= 0.3 is 0 Å². The van der Waals surface area contributed by atoms with Crippen molar-refractivity contribution in [3.63, 3.8) is 0 Å². The van der Waals surface area contributed by atoms with Crippen LogP contribution < -0.4 is 9.80 Å².